The summed E-state index contributed by atoms with van der Waals surface area (Å²) >= 11 is 11.9. The second-order valence-corrected chi connectivity index (χ2v) is 8.78. The SMILES string of the molecule is C=C(CCc1cccc(NCC(C)(C)C)n1)C(=O)NCc1ccc(Cl)c(Cl)c1. The van der Waals surface area contributed by atoms with Crippen LogP contribution in [0.15, 0.2) is 48.6 Å². The summed E-state index contributed by atoms with van der Waals surface area (Å²) in [5.41, 5.74) is 2.51. The van der Waals surface area contributed by atoms with Crippen molar-refractivity contribution in [2.75, 3.05) is 11.9 Å². The second kappa shape index (κ2) is 9.94. The van der Waals surface area contributed by atoms with E-state index in [-0.39, 0.29) is 11.3 Å². The lowest BCUT2D eigenvalue weighted by atomic mass is 9.97. The summed E-state index contributed by atoms with van der Waals surface area (Å²) in [6, 6.07) is 11.2. The Balaban J connectivity index is 1.82. The molecule has 2 rings (SSSR count). The van der Waals surface area contributed by atoms with Crippen molar-refractivity contribution in [3.63, 3.8) is 0 Å². The number of hydrogen-bond donors (Lipinski definition) is 2. The van der Waals surface area contributed by atoms with Gasteiger partial charge in [-0.25, -0.2) is 4.98 Å². The van der Waals surface area contributed by atoms with Crippen molar-refractivity contribution in [2.45, 2.75) is 40.2 Å². The molecule has 0 spiro atoms. The monoisotopic (exact) mass is 419 g/mol. The largest absolute Gasteiger partial charge is 0.370 e. The van der Waals surface area contributed by atoms with Gasteiger partial charge < -0.3 is 10.6 Å². The van der Waals surface area contributed by atoms with Crippen molar-refractivity contribution in [2.24, 2.45) is 5.41 Å². The van der Waals surface area contributed by atoms with Crippen molar-refractivity contribution in [3.8, 4) is 0 Å². The van der Waals surface area contributed by atoms with Gasteiger partial charge in [-0.2, -0.15) is 0 Å². The van der Waals surface area contributed by atoms with E-state index in [4.69, 9.17) is 23.2 Å². The summed E-state index contributed by atoms with van der Waals surface area (Å²) in [6.45, 7) is 11.6. The molecule has 6 heteroatoms. The van der Waals surface area contributed by atoms with E-state index >= 15 is 0 Å². The Morgan fingerprint density at radius 3 is 2.57 bits per heavy atom. The number of carbonyl (C=O) groups excluding carboxylic acids is 1. The van der Waals surface area contributed by atoms with Crippen LogP contribution in [-0.2, 0) is 17.8 Å². The highest BCUT2D eigenvalue weighted by atomic mass is 35.5. The van der Waals surface area contributed by atoms with Gasteiger partial charge in [0.2, 0.25) is 5.91 Å². The minimum Gasteiger partial charge on any atom is -0.370 e. The molecule has 0 fully saturated rings. The molecule has 1 aromatic carbocycles. The van der Waals surface area contributed by atoms with Gasteiger partial charge in [-0.15, -0.1) is 0 Å². The topological polar surface area (TPSA) is 54.0 Å². The lowest BCUT2D eigenvalue weighted by Crippen LogP contribution is -2.24. The van der Waals surface area contributed by atoms with Crippen LogP contribution >= 0.6 is 23.2 Å². The number of rotatable bonds is 8. The summed E-state index contributed by atoms with van der Waals surface area (Å²) < 4.78 is 0. The van der Waals surface area contributed by atoms with Gasteiger partial charge in [-0.3, -0.25) is 4.79 Å². The molecule has 0 saturated heterocycles. The van der Waals surface area contributed by atoms with Crippen LogP contribution in [0.2, 0.25) is 10.0 Å². The average molecular weight is 420 g/mol. The number of benzene rings is 1. The third kappa shape index (κ3) is 7.53. The average Bonchev–Trinajstić information content (AvgIpc) is 2.65. The number of pyridine rings is 1. The van der Waals surface area contributed by atoms with E-state index in [1.54, 1.807) is 12.1 Å². The molecule has 1 aromatic heterocycles. The minimum absolute atomic E-state index is 0.173. The third-order valence-corrected chi connectivity index (χ3v) is 4.79. The van der Waals surface area contributed by atoms with Crippen molar-refractivity contribution < 1.29 is 4.79 Å². The fourth-order valence-electron chi connectivity index (χ4n) is 2.42. The van der Waals surface area contributed by atoms with Gasteiger partial charge in [-0.05, 0) is 48.1 Å². The molecule has 0 radical (unpaired) electrons. The lowest BCUT2D eigenvalue weighted by molar-refractivity contribution is -0.117. The quantitative estimate of drug-likeness (QED) is 0.543. The van der Waals surface area contributed by atoms with Crippen LogP contribution in [0.25, 0.3) is 0 Å². The molecule has 1 amide bonds. The number of amides is 1. The number of nitrogens with zero attached hydrogens (tertiary/aromatic N) is 1. The minimum atomic E-state index is -0.173. The Hall–Kier alpha value is -2.04. The number of anilines is 1. The van der Waals surface area contributed by atoms with Crippen LogP contribution < -0.4 is 10.6 Å². The first kappa shape index (κ1) is 22.3. The lowest BCUT2D eigenvalue weighted by Gasteiger charge is -2.19. The molecule has 0 atom stereocenters. The van der Waals surface area contributed by atoms with Gasteiger partial charge in [0, 0.05) is 24.4 Å². The molecular weight excluding hydrogens is 393 g/mol. The standard InChI is InChI=1S/C22H27Cl2N3O/c1-15(21(28)25-13-16-9-11-18(23)19(24)12-16)8-10-17-6-5-7-20(27-17)26-14-22(2,3)4/h5-7,9,11-12H,1,8,10,13-14H2,2-4H3,(H,25,28)(H,26,27). The number of aromatic nitrogens is 1. The Morgan fingerprint density at radius 1 is 1.14 bits per heavy atom. The number of nitrogens with one attached hydrogen (secondary N) is 2. The fraction of sp³-hybridized carbons (Fsp3) is 0.364. The molecule has 0 aliphatic heterocycles. The smallest absolute Gasteiger partial charge is 0.246 e. The maximum Gasteiger partial charge on any atom is 0.246 e. The second-order valence-electron chi connectivity index (χ2n) is 7.96. The predicted octanol–water partition coefficient (Wildman–Crippen LogP) is 5.65. The molecule has 2 N–H and O–H groups in total. The summed E-state index contributed by atoms with van der Waals surface area (Å²) in [4.78, 5) is 16.9. The van der Waals surface area contributed by atoms with Crippen LogP contribution in [0.3, 0.4) is 0 Å². The molecule has 1 heterocycles. The molecule has 0 unspecified atom stereocenters. The van der Waals surface area contributed by atoms with E-state index in [0.29, 0.717) is 35.0 Å². The highest BCUT2D eigenvalue weighted by molar-refractivity contribution is 6.42. The fourth-order valence-corrected chi connectivity index (χ4v) is 2.74. The molecular formula is C22H27Cl2N3O. The third-order valence-electron chi connectivity index (χ3n) is 4.05. The Kier molecular flexibility index (Phi) is 7.90. The summed E-state index contributed by atoms with van der Waals surface area (Å²) in [5, 5.41) is 7.17. The van der Waals surface area contributed by atoms with Crippen molar-refractivity contribution in [3.05, 3.63) is 69.9 Å². The predicted molar refractivity (Wildman–Crippen MR) is 118 cm³/mol. The van der Waals surface area contributed by atoms with Gasteiger partial charge in [0.1, 0.15) is 5.82 Å². The van der Waals surface area contributed by atoms with Gasteiger partial charge >= 0.3 is 0 Å². The van der Waals surface area contributed by atoms with Crippen LogP contribution in [-0.4, -0.2) is 17.4 Å². The number of hydrogen-bond acceptors (Lipinski definition) is 3. The Labute approximate surface area is 177 Å². The Bertz CT molecular complexity index is 844. The zero-order chi connectivity index (χ0) is 20.7. The number of carbonyl (C=O) groups is 1. The van der Waals surface area contributed by atoms with Crippen molar-refractivity contribution in [1.82, 2.24) is 10.3 Å². The summed E-state index contributed by atoms with van der Waals surface area (Å²) in [7, 11) is 0. The van der Waals surface area contributed by atoms with E-state index in [2.05, 4.69) is 43.0 Å². The van der Waals surface area contributed by atoms with E-state index in [1.165, 1.54) is 0 Å². The summed E-state index contributed by atoms with van der Waals surface area (Å²) in [5.74, 6) is 0.676. The van der Waals surface area contributed by atoms with E-state index in [1.807, 2.05) is 24.3 Å². The van der Waals surface area contributed by atoms with Crippen molar-refractivity contribution in [1.29, 1.82) is 0 Å². The number of halogens is 2. The normalized spacial score (nSPS) is 11.2. The maximum atomic E-state index is 12.3. The van der Waals surface area contributed by atoms with Crippen LogP contribution in [0, 0.1) is 5.41 Å². The molecule has 4 nitrogen and oxygen atoms in total. The molecule has 28 heavy (non-hydrogen) atoms. The first-order valence-electron chi connectivity index (χ1n) is 9.24. The first-order chi connectivity index (χ1) is 13.1. The molecule has 150 valence electrons. The first-order valence-corrected chi connectivity index (χ1v) is 9.99. The zero-order valence-electron chi connectivity index (χ0n) is 16.6. The Morgan fingerprint density at radius 2 is 1.89 bits per heavy atom. The van der Waals surface area contributed by atoms with Gasteiger partial charge in [-0.1, -0.05) is 62.7 Å². The highest BCUT2D eigenvalue weighted by Crippen LogP contribution is 2.22. The van der Waals surface area contributed by atoms with Gasteiger partial charge in [0.05, 0.1) is 10.0 Å². The highest BCUT2D eigenvalue weighted by Gasteiger charge is 2.11. The van der Waals surface area contributed by atoms with Gasteiger partial charge in [0.15, 0.2) is 0 Å². The zero-order valence-corrected chi connectivity index (χ0v) is 18.1. The van der Waals surface area contributed by atoms with E-state index in [0.717, 1.165) is 23.6 Å². The van der Waals surface area contributed by atoms with E-state index in [9.17, 15) is 4.79 Å². The van der Waals surface area contributed by atoms with Crippen LogP contribution in [0.4, 0.5) is 5.82 Å². The number of aryl methyl sites for hydroxylation is 1. The molecule has 0 aliphatic carbocycles. The molecule has 0 bridgehead atoms. The molecule has 0 saturated carbocycles. The van der Waals surface area contributed by atoms with Crippen LogP contribution in [0.5, 0.6) is 0 Å². The molecule has 0 aliphatic rings. The summed E-state index contributed by atoms with van der Waals surface area (Å²) in [6.07, 6.45) is 1.20. The van der Waals surface area contributed by atoms with Crippen LogP contribution in [0.1, 0.15) is 38.4 Å². The van der Waals surface area contributed by atoms with Crippen molar-refractivity contribution >= 4 is 34.9 Å². The maximum absolute atomic E-state index is 12.3. The molecule has 2 aromatic rings. The van der Waals surface area contributed by atoms with Gasteiger partial charge in [0.25, 0.3) is 0 Å². The van der Waals surface area contributed by atoms with E-state index < -0.39 is 0 Å².